The Morgan fingerprint density at radius 3 is 2.16 bits per heavy atom. The highest BCUT2D eigenvalue weighted by Gasteiger charge is 2.21. The van der Waals surface area contributed by atoms with Crippen LogP contribution in [0, 0.1) is 0 Å². The van der Waals surface area contributed by atoms with E-state index >= 15 is 0 Å². The second-order valence-corrected chi connectivity index (χ2v) is 5.82. The fourth-order valence-electron chi connectivity index (χ4n) is 2.48. The monoisotopic (exact) mass is 262 g/mol. The lowest BCUT2D eigenvalue weighted by Gasteiger charge is -2.36. The molecule has 2 nitrogen and oxygen atoms in total. The molecule has 0 spiro atoms. The summed E-state index contributed by atoms with van der Waals surface area (Å²) in [5, 5.41) is 3.60. The smallest absolute Gasteiger partial charge is 0.0475 e. The summed E-state index contributed by atoms with van der Waals surface area (Å²) in [7, 11) is 0. The van der Waals surface area contributed by atoms with Gasteiger partial charge in [-0.05, 0) is 32.4 Å². The molecule has 1 rings (SSSR count). The van der Waals surface area contributed by atoms with Crippen molar-refractivity contribution in [3.8, 4) is 0 Å². The number of nitrogens with zero attached hydrogens (tertiary/aromatic N) is 1. The molecule has 0 aliphatic heterocycles. The van der Waals surface area contributed by atoms with Gasteiger partial charge in [0.25, 0.3) is 0 Å². The van der Waals surface area contributed by atoms with Crippen molar-refractivity contribution in [1.29, 1.82) is 0 Å². The summed E-state index contributed by atoms with van der Waals surface area (Å²) in [6.45, 7) is 13.4. The molecule has 0 radical (unpaired) electrons. The van der Waals surface area contributed by atoms with Crippen LogP contribution in [0.15, 0.2) is 30.3 Å². The summed E-state index contributed by atoms with van der Waals surface area (Å²) in [6, 6.07) is 12.4. The summed E-state index contributed by atoms with van der Waals surface area (Å²) in [5.74, 6) is 0. The largest absolute Gasteiger partial charge is 0.313 e. The molecule has 1 aromatic carbocycles. The van der Waals surface area contributed by atoms with Crippen LogP contribution in [0.25, 0.3) is 0 Å². The van der Waals surface area contributed by atoms with E-state index in [-0.39, 0.29) is 0 Å². The standard InChI is InChI=1S/C17H30N2/c1-6-12-19(15(4)5)17(13-18-14(2)3)16-10-8-7-9-11-16/h7-11,14-15,17-18H,6,12-13H2,1-5H3. The minimum Gasteiger partial charge on any atom is -0.313 e. The summed E-state index contributed by atoms with van der Waals surface area (Å²) < 4.78 is 0. The third-order valence-electron chi connectivity index (χ3n) is 3.45. The molecule has 0 amide bonds. The first-order valence-corrected chi connectivity index (χ1v) is 7.60. The van der Waals surface area contributed by atoms with Crippen molar-refractivity contribution in [2.24, 2.45) is 0 Å². The van der Waals surface area contributed by atoms with Crippen LogP contribution in [0.2, 0.25) is 0 Å². The van der Waals surface area contributed by atoms with Gasteiger partial charge in [0.2, 0.25) is 0 Å². The van der Waals surface area contributed by atoms with Gasteiger partial charge in [0.15, 0.2) is 0 Å². The molecule has 0 heterocycles. The zero-order valence-corrected chi connectivity index (χ0v) is 13.2. The molecular formula is C17H30N2. The second-order valence-electron chi connectivity index (χ2n) is 5.82. The maximum absolute atomic E-state index is 3.60. The molecule has 1 atom stereocenters. The van der Waals surface area contributed by atoms with Crippen LogP contribution in [0.1, 0.15) is 52.6 Å². The fraction of sp³-hybridized carbons (Fsp3) is 0.647. The first-order valence-electron chi connectivity index (χ1n) is 7.60. The van der Waals surface area contributed by atoms with Gasteiger partial charge in [0.1, 0.15) is 0 Å². The van der Waals surface area contributed by atoms with Crippen molar-refractivity contribution in [3.05, 3.63) is 35.9 Å². The number of benzene rings is 1. The van der Waals surface area contributed by atoms with E-state index in [9.17, 15) is 0 Å². The zero-order chi connectivity index (χ0) is 14.3. The Kier molecular flexibility index (Phi) is 7.11. The molecule has 2 heteroatoms. The van der Waals surface area contributed by atoms with Gasteiger partial charge in [-0.3, -0.25) is 4.90 Å². The van der Waals surface area contributed by atoms with Crippen LogP contribution in [-0.4, -0.2) is 30.1 Å². The van der Waals surface area contributed by atoms with Gasteiger partial charge in [-0.2, -0.15) is 0 Å². The molecule has 0 aromatic heterocycles. The first kappa shape index (κ1) is 16.2. The van der Waals surface area contributed by atoms with Gasteiger partial charge < -0.3 is 5.32 Å². The number of hydrogen-bond donors (Lipinski definition) is 1. The molecule has 108 valence electrons. The van der Waals surface area contributed by atoms with Crippen LogP contribution < -0.4 is 5.32 Å². The summed E-state index contributed by atoms with van der Waals surface area (Å²) in [4.78, 5) is 2.60. The zero-order valence-electron chi connectivity index (χ0n) is 13.2. The lowest BCUT2D eigenvalue weighted by atomic mass is 10.0. The van der Waals surface area contributed by atoms with E-state index in [0.717, 1.165) is 13.1 Å². The van der Waals surface area contributed by atoms with Crippen molar-refractivity contribution in [3.63, 3.8) is 0 Å². The Hall–Kier alpha value is -0.860. The van der Waals surface area contributed by atoms with E-state index in [1.165, 1.54) is 12.0 Å². The van der Waals surface area contributed by atoms with Crippen LogP contribution >= 0.6 is 0 Å². The van der Waals surface area contributed by atoms with Crippen LogP contribution in [0.3, 0.4) is 0 Å². The molecule has 0 saturated heterocycles. The Morgan fingerprint density at radius 2 is 1.68 bits per heavy atom. The molecule has 1 N–H and O–H groups in total. The van der Waals surface area contributed by atoms with Gasteiger partial charge in [-0.15, -0.1) is 0 Å². The molecule has 1 aromatic rings. The van der Waals surface area contributed by atoms with Crippen molar-refractivity contribution >= 4 is 0 Å². The molecule has 0 fully saturated rings. The van der Waals surface area contributed by atoms with Crippen molar-refractivity contribution in [1.82, 2.24) is 10.2 Å². The third-order valence-corrected chi connectivity index (χ3v) is 3.45. The lowest BCUT2D eigenvalue weighted by molar-refractivity contribution is 0.148. The fourth-order valence-corrected chi connectivity index (χ4v) is 2.48. The summed E-state index contributed by atoms with van der Waals surface area (Å²) in [5.41, 5.74) is 1.41. The minimum atomic E-state index is 0.462. The van der Waals surface area contributed by atoms with Crippen molar-refractivity contribution in [2.45, 2.75) is 59.2 Å². The Balaban J connectivity index is 2.89. The SMILES string of the molecule is CCCN(C(C)C)C(CNC(C)C)c1ccccc1. The average molecular weight is 262 g/mol. The van der Waals surface area contributed by atoms with Crippen LogP contribution in [0.5, 0.6) is 0 Å². The Labute approximate surface area is 119 Å². The second kappa shape index (κ2) is 8.34. The maximum atomic E-state index is 3.60. The van der Waals surface area contributed by atoms with Gasteiger partial charge >= 0.3 is 0 Å². The van der Waals surface area contributed by atoms with E-state index in [2.05, 4.69) is 75.2 Å². The topological polar surface area (TPSA) is 15.3 Å². The van der Waals surface area contributed by atoms with Crippen LogP contribution in [-0.2, 0) is 0 Å². The van der Waals surface area contributed by atoms with Gasteiger partial charge in [0.05, 0.1) is 0 Å². The summed E-state index contributed by atoms with van der Waals surface area (Å²) in [6.07, 6.45) is 1.20. The van der Waals surface area contributed by atoms with E-state index in [1.54, 1.807) is 0 Å². The highest BCUT2D eigenvalue weighted by molar-refractivity contribution is 5.19. The summed E-state index contributed by atoms with van der Waals surface area (Å²) >= 11 is 0. The predicted molar refractivity (Wildman–Crippen MR) is 84.5 cm³/mol. The number of hydrogen-bond acceptors (Lipinski definition) is 2. The van der Waals surface area contributed by atoms with Crippen molar-refractivity contribution < 1.29 is 0 Å². The molecule has 0 aliphatic rings. The minimum absolute atomic E-state index is 0.462. The molecule has 0 saturated carbocycles. The highest BCUT2D eigenvalue weighted by Crippen LogP contribution is 2.22. The lowest BCUT2D eigenvalue weighted by Crippen LogP contribution is -2.42. The maximum Gasteiger partial charge on any atom is 0.0475 e. The van der Waals surface area contributed by atoms with E-state index in [0.29, 0.717) is 18.1 Å². The molecule has 0 bridgehead atoms. The van der Waals surface area contributed by atoms with E-state index < -0.39 is 0 Å². The van der Waals surface area contributed by atoms with E-state index in [4.69, 9.17) is 0 Å². The van der Waals surface area contributed by atoms with Gasteiger partial charge in [0, 0.05) is 24.7 Å². The molecular weight excluding hydrogens is 232 g/mol. The van der Waals surface area contributed by atoms with E-state index in [1.807, 2.05) is 0 Å². The third kappa shape index (κ3) is 5.33. The molecule has 1 unspecified atom stereocenters. The highest BCUT2D eigenvalue weighted by atomic mass is 15.2. The predicted octanol–water partition coefficient (Wildman–Crippen LogP) is 3.85. The Morgan fingerprint density at radius 1 is 1.05 bits per heavy atom. The normalized spacial score (nSPS) is 13.5. The van der Waals surface area contributed by atoms with Gasteiger partial charge in [-0.25, -0.2) is 0 Å². The quantitative estimate of drug-likeness (QED) is 0.765. The Bertz CT molecular complexity index is 332. The first-order chi connectivity index (χ1) is 9.06. The van der Waals surface area contributed by atoms with Gasteiger partial charge in [-0.1, -0.05) is 51.1 Å². The molecule has 19 heavy (non-hydrogen) atoms. The number of rotatable bonds is 8. The van der Waals surface area contributed by atoms with Crippen LogP contribution in [0.4, 0.5) is 0 Å². The average Bonchev–Trinajstić information content (AvgIpc) is 2.38. The number of nitrogens with one attached hydrogen (secondary N) is 1. The molecule has 0 aliphatic carbocycles. The van der Waals surface area contributed by atoms with Crippen molar-refractivity contribution in [2.75, 3.05) is 13.1 Å².